The number of aryl methyl sites for hydroxylation is 1. The van der Waals surface area contributed by atoms with Gasteiger partial charge in [0.2, 0.25) is 0 Å². The van der Waals surface area contributed by atoms with E-state index in [4.69, 9.17) is 5.73 Å². The Bertz CT molecular complexity index is 553. The SMILES string of the molecule is Cn1nc(CC2CCCC2)c(-c2cccnc2)c1N. The molecule has 0 bridgehead atoms. The Morgan fingerprint density at radius 2 is 2.16 bits per heavy atom. The molecule has 3 rings (SSSR count). The van der Waals surface area contributed by atoms with Gasteiger partial charge >= 0.3 is 0 Å². The third-order valence-corrected chi connectivity index (χ3v) is 4.07. The van der Waals surface area contributed by atoms with Crippen molar-refractivity contribution >= 4 is 5.82 Å². The largest absolute Gasteiger partial charge is 0.383 e. The van der Waals surface area contributed by atoms with Crippen LogP contribution in [0.5, 0.6) is 0 Å². The molecule has 4 nitrogen and oxygen atoms in total. The smallest absolute Gasteiger partial charge is 0.129 e. The second-order valence-corrected chi connectivity index (χ2v) is 5.43. The van der Waals surface area contributed by atoms with Crippen molar-refractivity contribution in [2.45, 2.75) is 32.1 Å². The third kappa shape index (κ3) is 2.35. The van der Waals surface area contributed by atoms with Crippen LogP contribution in [0, 0.1) is 5.92 Å². The first-order chi connectivity index (χ1) is 9.25. The Hall–Kier alpha value is -1.84. The normalized spacial score (nSPS) is 16.1. The molecular formula is C15H20N4. The fourth-order valence-electron chi connectivity index (χ4n) is 3.05. The van der Waals surface area contributed by atoms with Gasteiger partial charge in [0.25, 0.3) is 0 Å². The molecule has 1 fully saturated rings. The monoisotopic (exact) mass is 256 g/mol. The van der Waals surface area contributed by atoms with E-state index in [2.05, 4.69) is 16.1 Å². The van der Waals surface area contributed by atoms with Gasteiger partial charge in [-0.1, -0.05) is 31.7 Å². The number of nitrogens with zero attached hydrogens (tertiary/aromatic N) is 3. The lowest BCUT2D eigenvalue weighted by Crippen LogP contribution is -2.01. The van der Waals surface area contributed by atoms with E-state index in [1.165, 1.54) is 25.7 Å². The average Bonchev–Trinajstić information content (AvgIpc) is 3.01. The zero-order valence-electron chi connectivity index (χ0n) is 11.3. The minimum atomic E-state index is 0.737. The first kappa shape index (κ1) is 12.2. The summed E-state index contributed by atoms with van der Waals surface area (Å²) < 4.78 is 1.78. The number of anilines is 1. The number of hydrogen-bond donors (Lipinski definition) is 1. The fourth-order valence-corrected chi connectivity index (χ4v) is 3.05. The van der Waals surface area contributed by atoms with Crippen molar-refractivity contribution in [2.24, 2.45) is 13.0 Å². The fraction of sp³-hybridized carbons (Fsp3) is 0.467. The van der Waals surface area contributed by atoms with E-state index in [1.807, 2.05) is 19.3 Å². The van der Waals surface area contributed by atoms with Crippen LogP contribution < -0.4 is 5.73 Å². The number of rotatable bonds is 3. The van der Waals surface area contributed by atoms with Gasteiger partial charge in [-0.25, -0.2) is 0 Å². The molecule has 0 amide bonds. The topological polar surface area (TPSA) is 56.7 Å². The Balaban J connectivity index is 1.97. The lowest BCUT2D eigenvalue weighted by atomic mass is 9.97. The van der Waals surface area contributed by atoms with E-state index in [0.29, 0.717) is 0 Å². The van der Waals surface area contributed by atoms with Crippen LogP contribution in [-0.4, -0.2) is 14.8 Å². The third-order valence-electron chi connectivity index (χ3n) is 4.07. The van der Waals surface area contributed by atoms with Crippen molar-refractivity contribution in [3.8, 4) is 11.1 Å². The van der Waals surface area contributed by atoms with E-state index in [1.54, 1.807) is 10.9 Å². The predicted molar refractivity (Wildman–Crippen MR) is 76.5 cm³/mol. The summed E-state index contributed by atoms with van der Waals surface area (Å²) in [5, 5.41) is 4.61. The predicted octanol–water partition coefficient (Wildman–Crippen LogP) is 2.80. The Labute approximate surface area is 113 Å². The summed E-state index contributed by atoms with van der Waals surface area (Å²) in [6.45, 7) is 0. The van der Waals surface area contributed by atoms with Gasteiger partial charge in [0.1, 0.15) is 5.82 Å². The van der Waals surface area contributed by atoms with Crippen molar-refractivity contribution in [1.82, 2.24) is 14.8 Å². The van der Waals surface area contributed by atoms with Gasteiger partial charge in [-0.3, -0.25) is 9.67 Å². The number of nitrogens with two attached hydrogens (primary N) is 1. The van der Waals surface area contributed by atoms with Gasteiger partial charge in [0.05, 0.1) is 5.69 Å². The summed E-state index contributed by atoms with van der Waals surface area (Å²) in [4.78, 5) is 4.19. The molecule has 0 saturated heterocycles. The molecule has 0 aromatic carbocycles. The summed E-state index contributed by atoms with van der Waals surface area (Å²) in [5.74, 6) is 1.51. The molecule has 19 heavy (non-hydrogen) atoms. The number of nitrogen functional groups attached to an aromatic ring is 1. The van der Waals surface area contributed by atoms with E-state index >= 15 is 0 Å². The first-order valence-corrected chi connectivity index (χ1v) is 6.97. The van der Waals surface area contributed by atoms with Crippen molar-refractivity contribution in [2.75, 3.05) is 5.73 Å². The van der Waals surface area contributed by atoms with Gasteiger partial charge < -0.3 is 5.73 Å². The molecule has 0 aliphatic heterocycles. The van der Waals surface area contributed by atoms with E-state index in [9.17, 15) is 0 Å². The molecule has 0 spiro atoms. The van der Waals surface area contributed by atoms with Gasteiger partial charge in [0.15, 0.2) is 0 Å². The summed E-state index contributed by atoms with van der Waals surface area (Å²) in [7, 11) is 1.91. The lowest BCUT2D eigenvalue weighted by Gasteiger charge is -2.08. The minimum Gasteiger partial charge on any atom is -0.383 e. The van der Waals surface area contributed by atoms with Gasteiger partial charge in [-0.05, 0) is 18.4 Å². The molecular weight excluding hydrogens is 236 g/mol. The zero-order valence-corrected chi connectivity index (χ0v) is 11.3. The number of pyridine rings is 1. The van der Waals surface area contributed by atoms with Gasteiger partial charge in [0, 0.05) is 30.6 Å². The molecule has 2 N–H and O–H groups in total. The first-order valence-electron chi connectivity index (χ1n) is 6.97. The highest BCUT2D eigenvalue weighted by Crippen LogP contribution is 2.34. The van der Waals surface area contributed by atoms with Crippen molar-refractivity contribution in [3.05, 3.63) is 30.2 Å². The second-order valence-electron chi connectivity index (χ2n) is 5.43. The molecule has 1 aliphatic carbocycles. The molecule has 0 unspecified atom stereocenters. The lowest BCUT2D eigenvalue weighted by molar-refractivity contribution is 0.534. The number of aromatic nitrogens is 3. The summed E-state index contributed by atoms with van der Waals surface area (Å²) in [6, 6.07) is 4.00. The summed E-state index contributed by atoms with van der Waals surface area (Å²) in [6.07, 6.45) is 10.0. The second kappa shape index (κ2) is 5.03. The van der Waals surface area contributed by atoms with Crippen LogP contribution in [0.4, 0.5) is 5.82 Å². The van der Waals surface area contributed by atoms with Gasteiger partial charge in [-0.2, -0.15) is 5.10 Å². The Morgan fingerprint density at radius 3 is 2.84 bits per heavy atom. The van der Waals surface area contributed by atoms with E-state index < -0.39 is 0 Å². The average molecular weight is 256 g/mol. The van der Waals surface area contributed by atoms with Gasteiger partial charge in [-0.15, -0.1) is 0 Å². The highest BCUT2D eigenvalue weighted by Gasteiger charge is 2.21. The van der Waals surface area contributed by atoms with Crippen molar-refractivity contribution in [1.29, 1.82) is 0 Å². The maximum Gasteiger partial charge on any atom is 0.129 e. The number of hydrogen-bond acceptors (Lipinski definition) is 3. The molecule has 0 radical (unpaired) electrons. The minimum absolute atomic E-state index is 0.737. The Kier molecular flexibility index (Phi) is 3.23. The molecule has 1 aliphatic rings. The maximum absolute atomic E-state index is 6.18. The molecule has 2 aromatic heterocycles. The summed E-state index contributed by atoms with van der Waals surface area (Å²) in [5.41, 5.74) is 9.45. The van der Waals surface area contributed by atoms with Crippen LogP contribution in [0.25, 0.3) is 11.1 Å². The molecule has 0 atom stereocenters. The highest BCUT2D eigenvalue weighted by atomic mass is 15.3. The van der Waals surface area contributed by atoms with Crippen LogP contribution in [0.15, 0.2) is 24.5 Å². The molecule has 100 valence electrons. The summed E-state index contributed by atoms with van der Waals surface area (Å²) >= 11 is 0. The molecule has 2 aromatic rings. The van der Waals surface area contributed by atoms with Crippen LogP contribution in [0.3, 0.4) is 0 Å². The highest BCUT2D eigenvalue weighted by molar-refractivity contribution is 5.76. The quantitative estimate of drug-likeness (QED) is 0.918. The molecule has 1 saturated carbocycles. The maximum atomic E-state index is 6.18. The van der Waals surface area contributed by atoms with E-state index in [-0.39, 0.29) is 0 Å². The van der Waals surface area contributed by atoms with Crippen LogP contribution in [0.2, 0.25) is 0 Å². The van der Waals surface area contributed by atoms with Crippen LogP contribution >= 0.6 is 0 Å². The van der Waals surface area contributed by atoms with Crippen molar-refractivity contribution in [3.63, 3.8) is 0 Å². The molecule has 4 heteroatoms. The van der Waals surface area contributed by atoms with Crippen molar-refractivity contribution < 1.29 is 0 Å². The standard InChI is InChI=1S/C15H20N4/c1-19-15(16)14(12-7-4-8-17-10-12)13(18-19)9-11-5-2-3-6-11/h4,7-8,10-11H,2-3,5-6,9,16H2,1H3. The van der Waals surface area contributed by atoms with Crippen LogP contribution in [-0.2, 0) is 13.5 Å². The Morgan fingerprint density at radius 1 is 1.37 bits per heavy atom. The van der Waals surface area contributed by atoms with E-state index in [0.717, 1.165) is 35.0 Å². The molecule has 2 heterocycles. The van der Waals surface area contributed by atoms with Crippen LogP contribution in [0.1, 0.15) is 31.4 Å². The zero-order chi connectivity index (χ0) is 13.2.